The highest BCUT2D eigenvalue weighted by molar-refractivity contribution is 5.76. The van der Waals surface area contributed by atoms with Crippen LogP contribution in [0.2, 0.25) is 0 Å². The number of para-hydroxylation sites is 1. The normalized spacial score (nSPS) is 12.6. The molecule has 0 spiro atoms. The quantitative estimate of drug-likeness (QED) is 0.790. The summed E-state index contributed by atoms with van der Waals surface area (Å²) in [5.74, 6) is -0.442. The zero-order valence-electron chi connectivity index (χ0n) is 13.7. The van der Waals surface area contributed by atoms with Gasteiger partial charge >= 0.3 is 6.18 Å². The van der Waals surface area contributed by atoms with E-state index >= 15 is 0 Å². The van der Waals surface area contributed by atoms with Gasteiger partial charge in [0.15, 0.2) is 0 Å². The van der Waals surface area contributed by atoms with E-state index in [2.05, 4.69) is 15.4 Å². The van der Waals surface area contributed by atoms with Crippen molar-refractivity contribution in [3.8, 4) is 5.75 Å². The Bertz CT molecular complexity index is 674. The lowest BCUT2D eigenvalue weighted by atomic mass is 10.2. The van der Waals surface area contributed by atoms with E-state index in [1.165, 1.54) is 24.5 Å². The molecule has 1 aromatic carbocycles. The van der Waals surface area contributed by atoms with Crippen molar-refractivity contribution in [3.63, 3.8) is 0 Å². The van der Waals surface area contributed by atoms with Crippen LogP contribution in [0.15, 0.2) is 36.9 Å². The second kappa shape index (κ2) is 8.50. The summed E-state index contributed by atoms with van der Waals surface area (Å²) >= 11 is 0. The number of nitrogens with zero attached hydrogens (tertiary/aromatic N) is 3. The summed E-state index contributed by atoms with van der Waals surface area (Å²) in [6, 6.07) is 4.58. The number of amides is 1. The predicted octanol–water partition coefficient (Wildman–Crippen LogP) is 2.66. The number of benzene rings is 1. The van der Waals surface area contributed by atoms with E-state index in [9.17, 15) is 18.0 Å². The lowest BCUT2D eigenvalue weighted by Crippen LogP contribution is -2.36. The van der Waals surface area contributed by atoms with Crippen molar-refractivity contribution in [1.82, 2.24) is 20.1 Å². The Balaban J connectivity index is 1.75. The summed E-state index contributed by atoms with van der Waals surface area (Å²) in [5.41, 5.74) is -0.832. The van der Waals surface area contributed by atoms with E-state index < -0.39 is 17.8 Å². The number of hydrogen-bond acceptors (Lipinski definition) is 4. The van der Waals surface area contributed by atoms with E-state index in [1.807, 2.05) is 0 Å². The molecule has 1 unspecified atom stereocenters. The highest BCUT2D eigenvalue weighted by Gasteiger charge is 2.34. The van der Waals surface area contributed by atoms with Gasteiger partial charge in [0.25, 0.3) is 0 Å². The molecule has 1 heterocycles. The molecule has 25 heavy (non-hydrogen) atoms. The number of aryl methyl sites for hydroxylation is 1. The number of nitrogens with one attached hydrogen (secondary N) is 1. The van der Waals surface area contributed by atoms with Crippen molar-refractivity contribution < 1.29 is 22.7 Å². The minimum atomic E-state index is -4.48. The summed E-state index contributed by atoms with van der Waals surface area (Å²) in [6.45, 7) is 2.19. The molecule has 2 rings (SSSR count). The molecule has 0 saturated carbocycles. The third-order valence-corrected chi connectivity index (χ3v) is 3.35. The maximum atomic E-state index is 12.9. The van der Waals surface area contributed by atoms with Gasteiger partial charge in [0.05, 0.1) is 11.6 Å². The van der Waals surface area contributed by atoms with Crippen LogP contribution in [-0.4, -0.2) is 33.3 Å². The molecule has 2 aromatic rings. The van der Waals surface area contributed by atoms with Crippen molar-refractivity contribution >= 4 is 5.91 Å². The number of ether oxygens (including phenoxy) is 1. The molecule has 1 N–H and O–H groups in total. The summed E-state index contributed by atoms with van der Waals surface area (Å²) in [7, 11) is 0. The molecule has 136 valence electrons. The first-order valence-corrected chi connectivity index (χ1v) is 7.77. The lowest BCUT2D eigenvalue weighted by molar-refractivity contribution is -0.139. The van der Waals surface area contributed by atoms with Gasteiger partial charge in [-0.15, -0.1) is 0 Å². The van der Waals surface area contributed by atoms with Crippen LogP contribution in [-0.2, 0) is 17.5 Å². The molecule has 0 aliphatic heterocycles. The molecular formula is C16H19F3N4O2. The monoisotopic (exact) mass is 356 g/mol. The smallest absolute Gasteiger partial charge is 0.419 e. The molecule has 1 amide bonds. The molecule has 0 aliphatic carbocycles. The molecule has 6 nitrogen and oxygen atoms in total. The molecule has 0 bridgehead atoms. The predicted molar refractivity (Wildman–Crippen MR) is 83.8 cm³/mol. The van der Waals surface area contributed by atoms with Crippen molar-refractivity contribution in [2.45, 2.75) is 38.5 Å². The van der Waals surface area contributed by atoms with Crippen LogP contribution in [0.25, 0.3) is 0 Å². The third-order valence-electron chi connectivity index (χ3n) is 3.35. The van der Waals surface area contributed by atoms with Crippen LogP contribution in [0.1, 0.15) is 25.3 Å². The largest absolute Gasteiger partial charge is 0.491 e. The fourth-order valence-corrected chi connectivity index (χ4v) is 2.18. The number of aromatic nitrogens is 3. The number of alkyl halides is 3. The Morgan fingerprint density at radius 3 is 2.80 bits per heavy atom. The van der Waals surface area contributed by atoms with Gasteiger partial charge < -0.3 is 10.1 Å². The topological polar surface area (TPSA) is 69.0 Å². The van der Waals surface area contributed by atoms with E-state index in [0.29, 0.717) is 13.0 Å². The van der Waals surface area contributed by atoms with Crippen LogP contribution in [0.4, 0.5) is 13.2 Å². The van der Waals surface area contributed by atoms with Crippen LogP contribution in [0.3, 0.4) is 0 Å². The zero-order valence-corrected chi connectivity index (χ0v) is 13.7. The number of halogens is 3. The second-order valence-corrected chi connectivity index (χ2v) is 5.54. The van der Waals surface area contributed by atoms with Crippen LogP contribution < -0.4 is 10.1 Å². The first-order valence-electron chi connectivity index (χ1n) is 7.77. The third kappa shape index (κ3) is 6.09. The van der Waals surface area contributed by atoms with Crippen molar-refractivity contribution in [2.24, 2.45) is 0 Å². The minimum absolute atomic E-state index is 0.0537. The number of hydrogen-bond donors (Lipinski definition) is 1. The van der Waals surface area contributed by atoms with Gasteiger partial charge in [-0.3, -0.25) is 9.48 Å². The average Bonchev–Trinajstić information content (AvgIpc) is 3.05. The van der Waals surface area contributed by atoms with Gasteiger partial charge in [-0.05, 0) is 25.5 Å². The maximum Gasteiger partial charge on any atom is 0.419 e. The van der Waals surface area contributed by atoms with Crippen LogP contribution in [0.5, 0.6) is 5.75 Å². The van der Waals surface area contributed by atoms with Gasteiger partial charge in [-0.2, -0.15) is 18.3 Å². The standard InChI is InChI=1S/C16H19F3N4O2/c1-12(22-15(24)7-4-8-23-11-20-10-21-23)9-25-14-6-3-2-5-13(14)16(17,18)19/h2-3,5-6,10-12H,4,7-9H2,1H3,(H,22,24). The first kappa shape index (κ1) is 18.8. The lowest BCUT2D eigenvalue weighted by Gasteiger charge is -2.18. The van der Waals surface area contributed by atoms with E-state index in [1.54, 1.807) is 17.9 Å². The van der Waals surface area contributed by atoms with Gasteiger partial charge in [-0.25, -0.2) is 4.98 Å². The Labute approximate surface area is 143 Å². The average molecular weight is 356 g/mol. The molecule has 1 aromatic heterocycles. The molecular weight excluding hydrogens is 337 g/mol. The Kier molecular flexibility index (Phi) is 6.37. The van der Waals surface area contributed by atoms with Gasteiger partial charge in [0.1, 0.15) is 25.0 Å². The highest BCUT2D eigenvalue weighted by atomic mass is 19.4. The molecule has 0 fully saturated rings. The maximum absolute atomic E-state index is 12.9. The van der Waals surface area contributed by atoms with Gasteiger partial charge in [0.2, 0.25) is 5.91 Å². The number of carbonyl (C=O) groups is 1. The van der Waals surface area contributed by atoms with Crippen molar-refractivity contribution in [2.75, 3.05) is 6.61 Å². The summed E-state index contributed by atoms with van der Waals surface area (Å²) < 4.78 is 45.5. The Hall–Kier alpha value is -2.58. The van der Waals surface area contributed by atoms with Crippen molar-refractivity contribution in [1.29, 1.82) is 0 Å². The molecule has 0 saturated heterocycles. The molecule has 0 radical (unpaired) electrons. The molecule has 0 aliphatic rings. The fourth-order valence-electron chi connectivity index (χ4n) is 2.18. The Morgan fingerprint density at radius 2 is 2.12 bits per heavy atom. The van der Waals surface area contributed by atoms with Crippen LogP contribution in [0, 0.1) is 0 Å². The SMILES string of the molecule is CC(COc1ccccc1C(F)(F)F)NC(=O)CCCn1cncn1. The second-order valence-electron chi connectivity index (χ2n) is 5.54. The zero-order chi connectivity index (χ0) is 18.3. The minimum Gasteiger partial charge on any atom is -0.491 e. The molecule has 1 atom stereocenters. The Morgan fingerprint density at radius 1 is 1.36 bits per heavy atom. The molecule has 9 heteroatoms. The summed E-state index contributed by atoms with van der Waals surface area (Å²) in [4.78, 5) is 15.6. The van der Waals surface area contributed by atoms with E-state index in [4.69, 9.17) is 4.74 Å². The van der Waals surface area contributed by atoms with E-state index in [-0.39, 0.29) is 24.7 Å². The van der Waals surface area contributed by atoms with Crippen LogP contribution >= 0.6 is 0 Å². The van der Waals surface area contributed by atoms with Gasteiger partial charge in [-0.1, -0.05) is 12.1 Å². The first-order chi connectivity index (χ1) is 11.9. The number of rotatable bonds is 8. The van der Waals surface area contributed by atoms with Crippen molar-refractivity contribution in [3.05, 3.63) is 42.5 Å². The van der Waals surface area contributed by atoms with Gasteiger partial charge in [0, 0.05) is 13.0 Å². The summed E-state index contributed by atoms with van der Waals surface area (Å²) in [5, 5.41) is 6.62. The number of carbonyl (C=O) groups excluding carboxylic acids is 1. The summed E-state index contributed by atoms with van der Waals surface area (Å²) in [6.07, 6.45) is -0.641. The van der Waals surface area contributed by atoms with E-state index in [0.717, 1.165) is 6.07 Å². The highest BCUT2D eigenvalue weighted by Crippen LogP contribution is 2.35. The fraction of sp³-hybridized carbons (Fsp3) is 0.438.